The Hall–Kier alpha value is -0.580. The molecular weight excluding hydrogens is 250 g/mol. The molecule has 5 heteroatoms. The van der Waals surface area contributed by atoms with Crippen LogP contribution in [0.1, 0.15) is 39.0 Å². The molecule has 18 heavy (non-hydrogen) atoms. The van der Waals surface area contributed by atoms with E-state index in [1.165, 1.54) is 12.8 Å². The van der Waals surface area contributed by atoms with Gasteiger partial charge in [0.05, 0.1) is 17.4 Å². The second-order valence-corrected chi connectivity index (χ2v) is 8.19. The van der Waals surface area contributed by atoms with Crippen molar-refractivity contribution in [3.63, 3.8) is 0 Å². The van der Waals surface area contributed by atoms with Crippen molar-refractivity contribution in [2.24, 2.45) is 11.8 Å². The van der Waals surface area contributed by atoms with Crippen LogP contribution in [-0.4, -0.2) is 43.8 Å². The molecule has 2 fully saturated rings. The number of nitrogens with zero attached hydrogens (tertiary/aromatic N) is 1. The number of hydrogen-bond donors (Lipinski definition) is 0. The van der Waals surface area contributed by atoms with Gasteiger partial charge >= 0.3 is 0 Å². The number of amides is 1. The van der Waals surface area contributed by atoms with E-state index in [9.17, 15) is 13.2 Å². The number of rotatable bonds is 2. The summed E-state index contributed by atoms with van der Waals surface area (Å²) in [6.45, 7) is 2.25. The van der Waals surface area contributed by atoms with E-state index in [1.54, 1.807) is 0 Å². The number of carbonyl (C=O) groups is 1. The number of sulfone groups is 1. The van der Waals surface area contributed by atoms with Gasteiger partial charge in [-0.1, -0.05) is 6.92 Å². The summed E-state index contributed by atoms with van der Waals surface area (Å²) in [7, 11) is -1.12. The minimum absolute atomic E-state index is 0.0376. The minimum atomic E-state index is -2.96. The topological polar surface area (TPSA) is 54.5 Å². The molecule has 1 amide bonds. The van der Waals surface area contributed by atoms with Crippen molar-refractivity contribution < 1.29 is 13.2 Å². The van der Waals surface area contributed by atoms with E-state index >= 15 is 0 Å². The molecule has 1 atom stereocenters. The van der Waals surface area contributed by atoms with Crippen LogP contribution in [0.5, 0.6) is 0 Å². The predicted octanol–water partition coefficient (Wildman–Crippen LogP) is 1.46. The molecule has 1 aliphatic heterocycles. The first-order chi connectivity index (χ1) is 8.39. The molecule has 2 rings (SSSR count). The maximum absolute atomic E-state index is 12.3. The van der Waals surface area contributed by atoms with Crippen LogP contribution in [0.3, 0.4) is 0 Å². The number of hydrogen-bond acceptors (Lipinski definition) is 3. The van der Waals surface area contributed by atoms with Gasteiger partial charge in [-0.25, -0.2) is 8.42 Å². The molecule has 1 heterocycles. The van der Waals surface area contributed by atoms with Crippen LogP contribution in [0.25, 0.3) is 0 Å². The summed E-state index contributed by atoms with van der Waals surface area (Å²) in [5, 5.41) is 0. The summed E-state index contributed by atoms with van der Waals surface area (Å²) in [6, 6.07) is 0.317. The van der Waals surface area contributed by atoms with Crippen molar-refractivity contribution in [2.75, 3.05) is 18.6 Å². The summed E-state index contributed by atoms with van der Waals surface area (Å²) >= 11 is 0. The molecule has 0 aromatic rings. The van der Waals surface area contributed by atoms with Crippen molar-refractivity contribution in [1.29, 1.82) is 0 Å². The Bertz CT molecular complexity index is 410. The molecule has 2 aliphatic rings. The lowest BCUT2D eigenvalue weighted by Gasteiger charge is -2.34. The van der Waals surface area contributed by atoms with E-state index in [-0.39, 0.29) is 23.3 Å². The molecule has 104 valence electrons. The summed E-state index contributed by atoms with van der Waals surface area (Å²) in [5.74, 6) is 0.740. The van der Waals surface area contributed by atoms with Gasteiger partial charge in [0, 0.05) is 13.1 Å². The van der Waals surface area contributed by atoms with Gasteiger partial charge in [-0.2, -0.15) is 0 Å². The molecule has 1 saturated carbocycles. The summed E-state index contributed by atoms with van der Waals surface area (Å²) < 4.78 is 22.8. The molecule has 1 saturated heterocycles. The first-order valence-electron chi connectivity index (χ1n) is 6.86. The first-order valence-corrected chi connectivity index (χ1v) is 8.68. The van der Waals surface area contributed by atoms with Crippen LogP contribution in [0.15, 0.2) is 0 Å². The Balaban J connectivity index is 1.93. The van der Waals surface area contributed by atoms with Crippen LogP contribution in [0, 0.1) is 11.8 Å². The van der Waals surface area contributed by atoms with E-state index in [0.29, 0.717) is 12.5 Å². The van der Waals surface area contributed by atoms with Crippen molar-refractivity contribution in [3.05, 3.63) is 0 Å². The molecule has 4 nitrogen and oxygen atoms in total. The summed E-state index contributed by atoms with van der Waals surface area (Å²) in [5.41, 5.74) is 0. The Labute approximate surface area is 110 Å². The third-order valence-electron chi connectivity index (χ3n) is 4.46. The van der Waals surface area contributed by atoms with Gasteiger partial charge in [0.1, 0.15) is 0 Å². The maximum Gasteiger partial charge on any atom is 0.226 e. The standard InChI is InChI=1S/C13H23NO3S/c1-10-3-5-12(6-4-10)14(2)13(15)11-7-8-18(16,17)9-11/h10-12H,3-9H2,1-2H3. The van der Waals surface area contributed by atoms with Crippen LogP contribution < -0.4 is 0 Å². The second kappa shape index (κ2) is 5.19. The van der Waals surface area contributed by atoms with Crippen molar-refractivity contribution in [1.82, 2.24) is 4.90 Å². The highest BCUT2D eigenvalue weighted by molar-refractivity contribution is 7.91. The molecule has 0 N–H and O–H groups in total. The monoisotopic (exact) mass is 273 g/mol. The highest BCUT2D eigenvalue weighted by Crippen LogP contribution is 2.28. The molecule has 1 aliphatic carbocycles. The minimum Gasteiger partial charge on any atom is -0.343 e. The molecule has 0 bridgehead atoms. The van der Waals surface area contributed by atoms with Crippen LogP contribution in [-0.2, 0) is 14.6 Å². The van der Waals surface area contributed by atoms with Crippen LogP contribution >= 0.6 is 0 Å². The lowest BCUT2D eigenvalue weighted by molar-refractivity contribution is -0.136. The van der Waals surface area contributed by atoms with Gasteiger partial charge in [-0.3, -0.25) is 4.79 Å². The highest BCUT2D eigenvalue weighted by Gasteiger charge is 2.36. The third-order valence-corrected chi connectivity index (χ3v) is 6.23. The van der Waals surface area contributed by atoms with Gasteiger partial charge in [0.15, 0.2) is 9.84 Å². The van der Waals surface area contributed by atoms with Gasteiger partial charge in [0.2, 0.25) is 5.91 Å². The Morgan fingerprint density at radius 3 is 2.22 bits per heavy atom. The largest absolute Gasteiger partial charge is 0.343 e. The van der Waals surface area contributed by atoms with Crippen LogP contribution in [0.2, 0.25) is 0 Å². The van der Waals surface area contributed by atoms with Gasteiger partial charge in [-0.15, -0.1) is 0 Å². The molecule has 1 unspecified atom stereocenters. The van der Waals surface area contributed by atoms with Crippen LogP contribution in [0.4, 0.5) is 0 Å². The highest BCUT2D eigenvalue weighted by atomic mass is 32.2. The smallest absolute Gasteiger partial charge is 0.226 e. The van der Waals surface area contributed by atoms with E-state index in [0.717, 1.165) is 18.8 Å². The molecular formula is C13H23NO3S. The van der Waals surface area contributed by atoms with E-state index < -0.39 is 9.84 Å². The zero-order valence-corrected chi connectivity index (χ0v) is 12.1. The maximum atomic E-state index is 12.3. The fourth-order valence-electron chi connectivity index (χ4n) is 3.09. The fourth-order valence-corrected chi connectivity index (χ4v) is 4.82. The Morgan fingerprint density at radius 1 is 1.11 bits per heavy atom. The summed E-state index contributed by atoms with van der Waals surface area (Å²) in [6.07, 6.45) is 4.97. The van der Waals surface area contributed by atoms with Gasteiger partial charge in [-0.05, 0) is 38.0 Å². The van der Waals surface area contributed by atoms with Crippen molar-refractivity contribution >= 4 is 15.7 Å². The molecule has 0 radical (unpaired) electrons. The lowest BCUT2D eigenvalue weighted by atomic mass is 9.86. The first kappa shape index (κ1) is 13.8. The average Bonchev–Trinajstić information content (AvgIpc) is 2.69. The predicted molar refractivity (Wildman–Crippen MR) is 71.0 cm³/mol. The SMILES string of the molecule is CC1CCC(N(C)C(=O)C2CCS(=O)(=O)C2)CC1. The molecule has 0 spiro atoms. The fraction of sp³-hybridized carbons (Fsp3) is 0.923. The zero-order valence-electron chi connectivity index (χ0n) is 11.3. The van der Waals surface area contributed by atoms with E-state index in [2.05, 4.69) is 6.92 Å². The molecule has 0 aromatic carbocycles. The van der Waals surface area contributed by atoms with Crippen molar-refractivity contribution in [2.45, 2.75) is 45.1 Å². The van der Waals surface area contributed by atoms with E-state index in [4.69, 9.17) is 0 Å². The second-order valence-electron chi connectivity index (χ2n) is 5.96. The lowest BCUT2D eigenvalue weighted by Crippen LogP contribution is -2.42. The Kier molecular flexibility index (Phi) is 3.99. The quantitative estimate of drug-likeness (QED) is 0.765. The molecule has 0 aromatic heterocycles. The van der Waals surface area contributed by atoms with Gasteiger partial charge in [0.25, 0.3) is 0 Å². The normalized spacial score (nSPS) is 35.3. The van der Waals surface area contributed by atoms with E-state index in [1.807, 2.05) is 11.9 Å². The average molecular weight is 273 g/mol. The summed E-state index contributed by atoms with van der Waals surface area (Å²) in [4.78, 5) is 14.1. The number of carbonyl (C=O) groups excluding carboxylic acids is 1. The van der Waals surface area contributed by atoms with Gasteiger partial charge < -0.3 is 4.90 Å². The Morgan fingerprint density at radius 2 is 1.72 bits per heavy atom. The zero-order chi connectivity index (χ0) is 13.3. The van der Waals surface area contributed by atoms with Crippen molar-refractivity contribution in [3.8, 4) is 0 Å². The third kappa shape index (κ3) is 3.05.